The summed E-state index contributed by atoms with van der Waals surface area (Å²) < 4.78 is 0. The van der Waals surface area contributed by atoms with Gasteiger partial charge in [0.15, 0.2) is 0 Å². The number of nitro groups is 1. The minimum atomic E-state index is -0.439. The molecule has 1 saturated heterocycles. The maximum Gasteiger partial charge on any atom is 0.269 e. The Balaban J connectivity index is 1.52. The predicted molar refractivity (Wildman–Crippen MR) is 115 cm³/mol. The van der Waals surface area contributed by atoms with Crippen molar-refractivity contribution in [1.29, 1.82) is 0 Å². The lowest BCUT2D eigenvalue weighted by Gasteiger charge is -2.16. The Bertz CT molecular complexity index is 1030. The second kappa shape index (κ2) is 8.95. The Labute approximate surface area is 172 Å². The van der Waals surface area contributed by atoms with Gasteiger partial charge in [0, 0.05) is 30.9 Å². The molecule has 0 aliphatic carbocycles. The molecule has 3 aromatic rings. The van der Waals surface area contributed by atoms with Crippen LogP contribution in [-0.2, 0) is 0 Å². The number of aromatic nitrogens is 3. The molecule has 152 valence electrons. The summed E-state index contributed by atoms with van der Waals surface area (Å²) in [7, 11) is 0. The molecule has 0 unspecified atom stereocenters. The van der Waals surface area contributed by atoms with Gasteiger partial charge in [0.05, 0.1) is 11.1 Å². The van der Waals surface area contributed by atoms with E-state index in [1.807, 2.05) is 30.3 Å². The summed E-state index contributed by atoms with van der Waals surface area (Å²) in [4.78, 5) is 25.8. The summed E-state index contributed by atoms with van der Waals surface area (Å²) >= 11 is 0. The highest BCUT2D eigenvalue weighted by Crippen LogP contribution is 2.20. The van der Waals surface area contributed by atoms with Crippen LogP contribution in [0.15, 0.2) is 59.7 Å². The third-order valence-electron chi connectivity index (χ3n) is 4.52. The van der Waals surface area contributed by atoms with Crippen LogP contribution >= 0.6 is 0 Å². The zero-order valence-electron chi connectivity index (χ0n) is 16.1. The van der Waals surface area contributed by atoms with Gasteiger partial charge >= 0.3 is 0 Å². The minimum Gasteiger partial charge on any atom is -0.341 e. The standard InChI is InChI=1S/C20H20N8O2/c29-28(30)17-10-8-15(9-11-17)14-21-26-19-23-18(22-16-6-2-1-3-7-16)24-20(25-19)27-12-4-5-13-27/h1-3,6-11,14H,4-5,12-13H2,(H2,22,23,24,25,26)/b21-14-. The first-order chi connectivity index (χ1) is 14.7. The number of hydrazone groups is 1. The minimum absolute atomic E-state index is 0.0319. The molecule has 0 atom stereocenters. The van der Waals surface area contributed by atoms with Crippen LogP contribution in [-0.4, -0.2) is 39.2 Å². The average Bonchev–Trinajstić information content (AvgIpc) is 3.30. The van der Waals surface area contributed by atoms with Crippen molar-refractivity contribution >= 4 is 35.4 Å². The zero-order chi connectivity index (χ0) is 20.8. The molecule has 4 rings (SSSR count). The molecule has 0 saturated carbocycles. The fourth-order valence-electron chi connectivity index (χ4n) is 3.03. The molecule has 30 heavy (non-hydrogen) atoms. The molecular formula is C20H20N8O2. The van der Waals surface area contributed by atoms with Crippen LogP contribution in [0.5, 0.6) is 0 Å². The van der Waals surface area contributed by atoms with E-state index in [2.05, 4.69) is 35.7 Å². The number of nitrogens with zero attached hydrogens (tertiary/aromatic N) is 6. The van der Waals surface area contributed by atoms with Crippen LogP contribution in [0.3, 0.4) is 0 Å². The van der Waals surface area contributed by atoms with E-state index in [4.69, 9.17) is 0 Å². The third kappa shape index (κ3) is 4.85. The number of para-hydroxylation sites is 1. The lowest BCUT2D eigenvalue weighted by molar-refractivity contribution is -0.384. The molecule has 0 spiro atoms. The van der Waals surface area contributed by atoms with Gasteiger partial charge in [-0.1, -0.05) is 18.2 Å². The van der Waals surface area contributed by atoms with Gasteiger partial charge in [-0.3, -0.25) is 10.1 Å². The van der Waals surface area contributed by atoms with Gasteiger partial charge in [-0.15, -0.1) is 0 Å². The van der Waals surface area contributed by atoms with Crippen molar-refractivity contribution in [2.45, 2.75) is 12.8 Å². The van der Waals surface area contributed by atoms with Crippen LogP contribution in [0.25, 0.3) is 0 Å². The lowest BCUT2D eigenvalue weighted by Crippen LogP contribution is -2.21. The van der Waals surface area contributed by atoms with Crippen molar-refractivity contribution in [1.82, 2.24) is 15.0 Å². The summed E-state index contributed by atoms with van der Waals surface area (Å²) in [5.74, 6) is 1.32. The maximum atomic E-state index is 10.7. The van der Waals surface area contributed by atoms with Gasteiger partial charge in [-0.25, -0.2) is 5.43 Å². The Morgan fingerprint density at radius 2 is 1.67 bits per heavy atom. The molecule has 1 aliphatic heterocycles. The fraction of sp³-hybridized carbons (Fsp3) is 0.200. The maximum absolute atomic E-state index is 10.7. The van der Waals surface area contributed by atoms with Crippen molar-refractivity contribution in [3.05, 3.63) is 70.3 Å². The normalized spacial score (nSPS) is 13.5. The van der Waals surface area contributed by atoms with Crippen LogP contribution in [0.2, 0.25) is 0 Å². The molecule has 2 heterocycles. The first kappa shape index (κ1) is 19.2. The van der Waals surface area contributed by atoms with Gasteiger partial charge in [-0.05, 0) is 42.7 Å². The lowest BCUT2D eigenvalue weighted by atomic mass is 10.2. The first-order valence-corrected chi connectivity index (χ1v) is 9.54. The monoisotopic (exact) mass is 404 g/mol. The molecule has 1 fully saturated rings. The highest BCUT2D eigenvalue weighted by Gasteiger charge is 2.17. The smallest absolute Gasteiger partial charge is 0.269 e. The quantitative estimate of drug-likeness (QED) is 0.348. The molecule has 0 amide bonds. The summed E-state index contributed by atoms with van der Waals surface area (Å²) in [5.41, 5.74) is 4.44. The molecule has 10 nitrogen and oxygen atoms in total. The molecular weight excluding hydrogens is 384 g/mol. The second-order valence-corrected chi connectivity index (χ2v) is 6.69. The number of non-ortho nitro benzene ring substituents is 1. The van der Waals surface area contributed by atoms with Crippen LogP contribution in [0, 0.1) is 10.1 Å². The van der Waals surface area contributed by atoms with Gasteiger partial charge < -0.3 is 10.2 Å². The van der Waals surface area contributed by atoms with E-state index in [-0.39, 0.29) is 5.69 Å². The molecule has 2 aromatic carbocycles. The van der Waals surface area contributed by atoms with Crippen LogP contribution < -0.4 is 15.6 Å². The highest BCUT2D eigenvalue weighted by atomic mass is 16.6. The van der Waals surface area contributed by atoms with Crippen molar-refractivity contribution in [3.8, 4) is 0 Å². The Kier molecular flexibility index (Phi) is 5.74. The molecule has 2 N–H and O–H groups in total. The van der Waals surface area contributed by atoms with Crippen LogP contribution in [0.1, 0.15) is 18.4 Å². The summed E-state index contributed by atoms with van der Waals surface area (Å²) in [6.07, 6.45) is 3.76. The van der Waals surface area contributed by atoms with E-state index in [1.165, 1.54) is 12.1 Å². The second-order valence-electron chi connectivity index (χ2n) is 6.69. The Morgan fingerprint density at radius 1 is 0.967 bits per heavy atom. The average molecular weight is 404 g/mol. The van der Waals surface area contributed by atoms with Gasteiger partial charge in [0.25, 0.3) is 5.69 Å². The first-order valence-electron chi connectivity index (χ1n) is 9.54. The highest BCUT2D eigenvalue weighted by molar-refractivity contribution is 5.80. The number of nitro benzene ring substituents is 1. The molecule has 1 aromatic heterocycles. The summed E-state index contributed by atoms with van der Waals surface area (Å²) in [6, 6.07) is 15.8. The number of nitrogens with one attached hydrogen (secondary N) is 2. The van der Waals surface area contributed by atoms with Gasteiger partial charge in [-0.2, -0.15) is 20.1 Å². The summed E-state index contributed by atoms with van der Waals surface area (Å²) in [6.45, 7) is 1.81. The van der Waals surface area contributed by atoms with Crippen LogP contribution in [0.4, 0.5) is 29.2 Å². The van der Waals surface area contributed by atoms with E-state index in [0.29, 0.717) is 23.4 Å². The topological polar surface area (TPSA) is 121 Å². The van der Waals surface area contributed by atoms with Crippen molar-refractivity contribution in [2.75, 3.05) is 28.7 Å². The van der Waals surface area contributed by atoms with E-state index in [0.717, 1.165) is 31.6 Å². The number of benzene rings is 2. The molecule has 0 radical (unpaired) electrons. The Hall–Kier alpha value is -4.08. The number of rotatable bonds is 7. The van der Waals surface area contributed by atoms with E-state index >= 15 is 0 Å². The SMILES string of the molecule is O=[N+]([O-])c1ccc(/C=N\Nc2nc(Nc3ccccc3)nc(N3CCCC3)n2)cc1. The molecule has 10 heteroatoms. The van der Waals surface area contributed by atoms with E-state index < -0.39 is 4.92 Å². The third-order valence-corrected chi connectivity index (χ3v) is 4.52. The predicted octanol–water partition coefficient (Wildman–Crippen LogP) is 3.57. The van der Waals surface area contributed by atoms with Gasteiger partial charge in [0.2, 0.25) is 17.8 Å². The fourth-order valence-corrected chi connectivity index (χ4v) is 3.03. The van der Waals surface area contributed by atoms with E-state index in [9.17, 15) is 10.1 Å². The van der Waals surface area contributed by atoms with Crippen molar-refractivity contribution in [2.24, 2.45) is 5.10 Å². The summed E-state index contributed by atoms with van der Waals surface area (Å²) in [5, 5.41) is 18.1. The number of hydrogen-bond donors (Lipinski definition) is 2. The largest absolute Gasteiger partial charge is 0.341 e. The molecule has 0 bridgehead atoms. The Morgan fingerprint density at radius 3 is 2.37 bits per heavy atom. The van der Waals surface area contributed by atoms with E-state index in [1.54, 1.807) is 18.3 Å². The van der Waals surface area contributed by atoms with Crippen molar-refractivity contribution < 1.29 is 4.92 Å². The number of hydrogen-bond acceptors (Lipinski definition) is 9. The number of anilines is 4. The molecule has 1 aliphatic rings. The van der Waals surface area contributed by atoms with Crippen molar-refractivity contribution in [3.63, 3.8) is 0 Å². The zero-order valence-corrected chi connectivity index (χ0v) is 16.1. The van der Waals surface area contributed by atoms with Gasteiger partial charge in [0.1, 0.15) is 0 Å².